The molecule has 1 amide bonds. The highest BCUT2D eigenvalue weighted by molar-refractivity contribution is 7.90. The second-order valence-corrected chi connectivity index (χ2v) is 8.68. The fourth-order valence-electron chi connectivity index (χ4n) is 2.64. The SMILES string of the molecule is CCN(CC)c1ccc(NC(=O)COC(=O)c2cc(S(C)(=O)=O)ccc2Cl)cc1. The minimum absolute atomic E-state index is 0.0369. The first-order chi connectivity index (χ1) is 13.7. The maximum absolute atomic E-state index is 12.2. The van der Waals surface area contributed by atoms with Crippen LogP contribution in [-0.4, -0.2) is 46.2 Å². The fourth-order valence-corrected chi connectivity index (χ4v) is 3.48. The number of hydrogen-bond donors (Lipinski definition) is 1. The number of amides is 1. The van der Waals surface area contributed by atoms with Crippen LogP contribution in [0.4, 0.5) is 11.4 Å². The van der Waals surface area contributed by atoms with Crippen molar-refractivity contribution in [3.8, 4) is 0 Å². The number of anilines is 2. The van der Waals surface area contributed by atoms with Gasteiger partial charge < -0.3 is 15.0 Å². The zero-order valence-corrected chi connectivity index (χ0v) is 18.0. The molecular formula is C20H23ClN2O5S. The zero-order chi connectivity index (χ0) is 21.6. The average Bonchev–Trinajstić information content (AvgIpc) is 2.68. The van der Waals surface area contributed by atoms with Crippen LogP contribution < -0.4 is 10.2 Å². The molecule has 9 heteroatoms. The Balaban J connectivity index is 1.98. The molecule has 0 atom stereocenters. The normalized spacial score (nSPS) is 11.0. The molecule has 0 saturated carbocycles. The van der Waals surface area contributed by atoms with Gasteiger partial charge in [-0.2, -0.15) is 0 Å². The molecule has 0 heterocycles. The minimum Gasteiger partial charge on any atom is -0.452 e. The van der Waals surface area contributed by atoms with Crippen molar-refractivity contribution in [2.75, 3.05) is 36.2 Å². The number of rotatable bonds is 8. The van der Waals surface area contributed by atoms with Crippen molar-refractivity contribution in [2.45, 2.75) is 18.7 Å². The van der Waals surface area contributed by atoms with Gasteiger partial charge in [-0.25, -0.2) is 13.2 Å². The molecule has 0 aromatic heterocycles. The summed E-state index contributed by atoms with van der Waals surface area (Å²) in [7, 11) is -3.51. The summed E-state index contributed by atoms with van der Waals surface area (Å²) in [5, 5.41) is 2.67. The van der Waals surface area contributed by atoms with Crippen molar-refractivity contribution in [3.63, 3.8) is 0 Å². The number of sulfone groups is 1. The molecule has 0 aliphatic heterocycles. The van der Waals surface area contributed by atoms with Gasteiger partial charge in [-0.05, 0) is 56.3 Å². The molecule has 0 fully saturated rings. The molecule has 0 radical (unpaired) electrons. The smallest absolute Gasteiger partial charge is 0.340 e. The standard InChI is InChI=1S/C20H23ClN2O5S/c1-4-23(5-2)15-8-6-14(7-9-15)22-19(24)13-28-20(25)17-12-16(29(3,26)27)10-11-18(17)21/h6-12H,4-5,13H2,1-3H3,(H,22,24). The van der Waals surface area contributed by atoms with E-state index in [1.165, 1.54) is 12.1 Å². The van der Waals surface area contributed by atoms with Crippen LogP contribution in [0.2, 0.25) is 5.02 Å². The molecule has 1 N–H and O–H groups in total. The van der Waals surface area contributed by atoms with Crippen molar-refractivity contribution in [1.29, 1.82) is 0 Å². The van der Waals surface area contributed by atoms with Gasteiger partial charge in [0, 0.05) is 30.7 Å². The number of nitrogens with one attached hydrogen (secondary N) is 1. The Morgan fingerprint density at radius 1 is 1.07 bits per heavy atom. The lowest BCUT2D eigenvalue weighted by Gasteiger charge is -2.21. The van der Waals surface area contributed by atoms with Gasteiger partial charge in [0.1, 0.15) is 0 Å². The number of halogens is 1. The van der Waals surface area contributed by atoms with Crippen LogP contribution in [0.25, 0.3) is 0 Å². The van der Waals surface area contributed by atoms with E-state index in [9.17, 15) is 18.0 Å². The molecule has 2 aromatic carbocycles. The fraction of sp³-hybridized carbons (Fsp3) is 0.300. The first kappa shape index (κ1) is 22.7. The lowest BCUT2D eigenvalue weighted by atomic mass is 10.2. The lowest BCUT2D eigenvalue weighted by Crippen LogP contribution is -2.22. The van der Waals surface area contributed by atoms with E-state index in [4.69, 9.17) is 16.3 Å². The third kappa shape index (κ3) is 6.20. The molecule has 29 heavy (non-hydrogen) atoms. The van der Waals surface area contributed by atoms with Gasteiger partial charge in [-0.15, -0.1) is 0 Å². The summed E-state index contributed by atoms with van der Waals surface area (Å²) in [4.78, 5) is 26.4. The summed E-state index contributed by atoms with van der Waals surface area (Å²) >= 11 is 5.95. The maximum Gasteiger partial charge on any atom is 0.340 e. The molecule has 0 saturated heterocycles. The molecule has 0 spiro atoms. The number of carbonyl (C=O) groups is 2. The Labute approximate surface area is 175 Å². The topological polar surface area (TPSA) is 92.8 Å². The Kier molecular flexibility index (Phi) is 7.64. The molecular weight excluding hydrogens is 416 g/mol. The minimum atomic E-state index is -3.51. The lowest BCUT2D eigenvalue weighted by molar-refractivity contribution is -0.119. The van der Waals surface area contributed by atoms with Crippen molar-refractivity contribution < 1.29 is 22.7 Å². The van der Waals surface area contributed by atoms with Crippen LogP contribution in [0.15, 0.2) is 47.4 Å². The van der Waals surface area contributed by atoms with Crippen LogP contribution in [-0.2, 0) is 19.4 Å². The van der Waals surface area contributed by atoms with E-state index in [1.54, 1.807) is 12.1 Å². The summed E-state index contributed by atoms with van der Waals surface area (Å²) in [6.45, 7) is 5.34. The molecule has 0 aliphatic carbocycles. The van der Waals surface area contributed by atoms with Gasteiger partial charge in [0.15, 0.2) is 16.4 Å². The van der Waals surface area contributed by atoms with Crippen LogP contribution in [0.5, 0.6) is 0 Å². The van der Waals surface area contributed by atoms with E-state index >= 15 is 0 Å². The van der Waals surface area contributed by atoms with Crippen molar-refractivity contribution in [2.24, 2.45) is 0 Å². The molecule has 0 bridgehead atoms. The highest BCUT2D eigenvalue weighted by Gasteiger charge is 2.18. The molecule has 156 valence electrons. The number of ether oxygens (including phenoxy) is 1. The first-order valence-electron chi connectivity index (χ1n) is 8.97. The molecule has 0 unspecified atom stereocenters. The predicted octanol–water partition coefficient (Wildman–Crippen LogP) is 3.39. The quantitative estimate of drug-likeness (QED) is 0.635. The monoisotopic (exact) mass is 438 g/mol. The van der Waals surface area contributed by atoms with E-state index < -0.39 is 28.3 Å². The van der Waals surface area contributed by atoms with E-state index in [0.29, 0.717) is 5.69 Å². The Morgan fingerprint density at radius 2 is 1.69 bits per heavy atom. The van der Waals surface area contributed by atoms with E-state index in [1.807, 2.05) is 12.1 Å². The third-order valence-corrected chi connectivity index (χ3v) is 5.64. The predicted molar refractivity (Wildman–Crippen MR) is 113 cm³/mol. The van der Waals surface area contributed by atoms with Gasteiger partial charge >= 0.3 is 5.97 Å². The second-order valence-electron chi connectivity index (χ2n) is 6.26. The van der Waals surface area contributed by atoms with E-state index in [-0.39, 0.29) is 15.5 Å². The molecule has 2 aromatic rings. The van der Waals surface area contributed by atoms with E-state index in [0.717, 1.165) is 31.1 Å². The second kappa shape index (κ2) is 9.76. The Bertz CT molecular complexity index is 986. The molecule has 0 aliphatic rings. The summed E-state index contributed by atoms with van der Waals surface area (Å²) in [6.07, 6.45) is 1.02. The number of carbonyl (C=O) groups excluding carboxylic acids is 2. The summed E-state index contributed by atoms with van der Waals surface area (Å²) in [6, 6.07) is 11.0. The molecule has 2 rings (SSSR count). The average molecular weight is 439 g/mol. The van der Waals surface area contributed by atoms with Crippen LogP contribution in [0.1, 0.15) is 24.2 Å². The largest absolute Gasteiger partial charge is 0.452 e. The highest BCUT2D eigenvalue weighted by Crippen LogP contribution is 2.22. The number of nitrogens with zero attached hydrogens (tertiary/aromatic N) is 1. The number of benzene rings is 2. The Hall–Kier alpha value is -2.58. The maximum atomic E-state index is 12.2. The van der Waals surface area contributed by atoms with Gasteiger partial charge in [0.25, 0.3) is 5.91 Å². The van der Waals surface area contributed by atoms with Crippen LogP contribution >= 0.6 is 11.6 Å². The highest BCUT2D eigenvalue weighted by atomic mass is 35.5. The van der Waals surface area contributed by atoms with Gasteiger partial charge in [-0.1, -0.05) is 11.6 Å². The van der Waals surface area contributed by atoms with Crippen molar-refractivity contribution in [3.05, 3.63) is 53.1 Å². The zero-order valence-electron chi connectivity index (χ0n) is 16.4. The third-order valence-electron chi connectivity index (χ3n) is 4.20. The first-order valence-corrected chi connectivity index (χ1v) is 11.2. The van der Waals surface area contributed by atoms with Crippen LogP contribution in [0, 0.1) is 0 Å². The van der Waals surface area contributed by atoms with E-state index in [2.05, 4.69) is 24.1 Å². The summed E-state index contributed by atoms with van der Waals surface area (Å²) < 4.78 is 28.2. The summed E-state index contributed by atoms with van der Waals surface area (Å²) in [5.41, 5.74) is 1.49. The van der Waals surface area contributed by atoms with Gasteiger partial charge in [-0.3, -0.25) is 4.79 Å². The van der Waals surface area contributed by atoms with Crippen LogP contribution in [0.3, 0.4) is 0 Å². The van der Waals surface area contributed by atoms with Crippen molar-refractivity contribution >= 4 is 44.7 Å². The van der Waals surface area contributed by atoms with Gasteiger partial charge in [0.05, 0.1) is 15.5 Å². The number of esters is 1. The molecule has 7 nitrogen and oxygen atoms in total. The van der Waals surface area contributed by atoms with Gasteiger partial charge in [0.2, 0.25) is 0 Å². The van der Waals surface area contributed by atoms with Crippen molar-refractivity contribution in [1.82, 2.24) is 0 Å². The number of hydrogen-bond acceptors (Lipinski definition) is 6. The summed E-state index contributed by atoms with van der Waals surface area (Å²) in [5.74, 6) is -1.41. The Morgan fingerprint density at radius 3 is 2.24 bits per heavy atom.